The molecule has 5 heteroatoms. The second kappa shape index (κ2) is 6.73. The van der Waals surface area contributed by atoms with Crippen molar-refractivity contribution in [1.82, 2.24) is 15.1 Å². The number of hydrogen-bond acceptors (Lipinski definition) is 3. The SMILES string of the molecule is CN(C)C(=O)CN1CCNCC12CCCCC2.Cl. The third kappa shape index (κ3) is 3.37. The number of carbonyl (C=O) groups is 1. The van der Waals surface area contributed by atoms with Crippen LogP contribution in [0.15, 0.2) is 0 Å². The first-order chi connectivity index (χ1) is 8.14. The monoisotopic (exact) mass is 275 g/mol. The first kappa shape index (κ1) is 15.7. The molecule has 1 saturated heterocycles. The maximum absolute atomic E-state index is 11.9. The van der Waals surface area contributed by atoms with Gasteiger partial charge in [-0.2, -0.15) is 0 Å². The molecular weight excluding hydrogens is 250 g/mol. The first-order valence-electron chi connectivity index (χ1n) is 6.80. The number of rotatable bonds is 2. The van der Waals surface area contributed by atoms with E-state index in [1.54, 1.807) is 4.90 Å². The molecule has 0 radical (unpaired) electrons. The van der Waals surface area contributed by atoms with Gasteiger partial charge in [0.05, 0.1) is 6.54 Å². The molecule has 1 aliphatic heterocycles. The van der Waals surface area contributed by atoms with Crippen LogP contribution in [0.5, 0.6) is 0 Å². The molecule has 0 bridgehead atoms. The van der Waals surface area contributed by atoms with Gasteiger partial charge in [-0.1, -0.05) is 19.3 Å². The predicted molar refractivity (Wildman–Crippen MR) is 76.2 cm³/mol. The van der Waals surface area contributed by atoms with E-state index in [1.165, 1.54) is 32.1 Å². The lowest BCUT2D eigenvalue weighted by molar-refractivity contribution is -0.132. The molecule has 1 aliphatic carbocycles. The molecule has 2 fully saturated rings. The Kier molecular flexibility index (Phi) is 5.89. The molecule has 0 unspecified atom stereocenters. The minimum Gasteiger partial charge on any atom is -0.348 e. The number of likely N-dealkylation sites (N-methyl/N-ethyl adjacent to an activating group) is 1. The van der Waals surface area contributed by atoms with Gasteiger partial charge in [-0.25, -0.2) is 0 Å². The number of nitrogens with one attached hydrogen (secondary N) is 1. The highest BCUT2D eigenvalue weighted by Gasteiger charge is 2.40. The largest absolute Gasteiger partial charge is 0.348 e. The highest BCUT2D eigenvalue weighted by Crippen LogP contribution is 2.34. The second-order valence-corrected chi connectivity index (χ2v) is 5.67. The molecule has 1 spiro atoms. The van der Waals surface area contributed by atoms with Gasteiger partial charge in [0.2, 0.25) is 5.91 Å². The van der Waals surface area contributed by atoms with Crippen molar-refractivity contribution < 1.29 is 4.79 Å². The van der Waals surface area contributed by atoms with Crippen LogP contribution in [0.2, 0.25) is 0 Å². The molecule has 0 aromatic rings. The highest BCUT2D eigenvalue weighted by atomic mass is 35.5. The standard InChI is InChI=1S/C13H25N3O.ClH/c1-15(2)12(17)10-16-9-8-14-11-13(16)6-4-3-5-7-13;/h14H,3-11H2,1-2H3;1H. The van der Waals surface area contributed by atoms with E-state index in [1.807, 2.05) is 14.1 Å². The topological polar surface area (TPSA) is 35.6 Å². The van der Waals surface area contributed by atoms with Crippen LogP contribution in [0.3, 0.4) is 0 Å². The zero-order chi connectivity index (χ0) is 12.3. The Morgan fingerprint density at radius 2 is 1.94 bits per heavy atom. The molecule has 2 rings (SSSR count). The van der Waals surface area contributed by atoms with Gasteiger partial charge in [-0.3, -0.25) is 9.69 Å². The zero-order valence-electron chi connectivity index (χ0n) is 11.6. The Hall–Kier alpha value is -0.320. The summed E-state index contributed by atoms with van der Waals surface area (Å²) < 4.78 is 0. The average molecular weight is 276 g/mol. The number of carbonyl (C=O) groups excluding carboxylic acids is 1. The van der Waals surface area contributed by atoms with Crippen molar-refractivity contribution in [2.24, 2.45) is 0 Å². The van der Waals surface area contributed by atoms with Crippen molar-refractivity contribution in [3.8, 4) is 0 Å². The van der Waals surface area contributed by atoms with Gasteiger partial charge in [0.15, 0.2) is 0 Å². The maximum atomic E-state index is 11.9. The Balaban J connectivity index is 0.00000162. The summed E-state index contributed by atoms with van der Waals surface area (Å²) in [7, 11) is 3.69. The summed E-state index contributed by atoms with van der Waals surface area (Å²) in [4.78, 5) is 16.0. The number of piperazine rings is 1. The summed E-state index contributed by atoms with van der Waals surface area (Å²) >= 11 is 0. The van der Waals surface area contributed by atoms with Crippen molar-refractivity contribution in [2.75, 3.05) is 40.3 Å². The van der Waals surface area contributed by atoms with Crippen LogP contribution >= 0.6 is 12.4 Å². The Labute approximate surface area is 116 Å². The van der Waals surface area contributed by atoms with E-state index in [0.717, 1.165) is 19.6 Å². The van der Waals surface area contributed by atoms with E-state index in [4.69, 9.17) is 0 Å². The number of nitrogens with zero attached hydrogens (tertiary/aromatic N) is 2. The molecule has 1 amide bonds. The summed E-state index contributed by atoms with van der Waals surface area (Å²) in [6.45, 7) is 3.68. The third-order valence-electron chi connectivity index (χ3n) is 4.29. The first-order valence-corrected chi connectivity index (χ1v) is 6.80. The van der Waals surface area contributed by atoms with Gasteiger partial charge in [-0.15, -0.1) is 12.4 Å². The normalized spacial score (nSPS) is 23.4. The van der Waals surface area contributed by atoms with Crippen molar-refractivity contribution in [3.05, 3.63) is 0 Å². The second-order valence-electron chi connectivity index (χ2n) is 5.67. The summed E-state index contributed by atoms with van der Waals surface area (Å²) in [5.74, 6) is 0.233. The quantitative estimate of drug-likeness (QED) is 0.820. The van der Waals surface area contributed by atoms with Crippen LogP contribution in [-0.4, -0.2) is 61.5 Å². The summed E-state index contributed by atoms with van der Waals surface area (Å²) in [5.41, 5.74) is 0.266. The molecular formula is C13H26ClN3O. The summed E-state index contributed by atoms with van der Waals surface area (Å²) in [5, 5.41) is 3.51. The third-order valence-corrected chi connectivity index (χ3v) is 4.29. The Morgan fingerprint density at radius 3 is 2.56 bits per heavy atom. The van der Waals surface area contributed by atoms with Gasteiger partial charge in [0.1, 0.15) is 0 Å². The van der Waals surface area contributed by atoms with Gasteiger partial charge in [-0.05, 0) is 12.8 Å². The molecule has 2 aliphatic rings. The summed E-state index contributed by atoms with van der Waals surface area (Å²) in [6.07, 6.45) is 6.49. The lowest BCUT2D eigenvalue weighted by Crippen LogP contribution is -2.63. The van der Waals surface area contributed by atoms with Crippen molar-refractivity contribution in [1.29, 1.82) is 0 Å². The van der Waals surface area contributed by atoms with Crippen LogP contribution in [0, 0.1) is 0 Å². The lowest BCUT2D eigenvalue weighted by atomic mass is 9.79. The minimum absolute atomic E-state index is 0. The van der Waals surface area contributed by atoms with Crippen LogP contribution in [0.25, 0.3) is 0 Å². The van der Waals surface area contributed by atoms with Gasteiger partial charge in [0.25, 0.3) is 0 Å². The molecule has 106 valence electrons. The van der Waals surface area contributed by atoms with Crippen molar-refractivity contribution in [3.63, 3.8) is 0 Å². The van der Waals surface area contributed by atoms with E-state index in [9.17, 15) is 4.79 Å². The van der Waals surface area contributed by atoms with E-state index < -0.39 is 0 Å². The van der Waals surface area contributed by atoms with Crippen LogP contribution < -0.4 is 5.32 Å². The van der Waals surface area contributed by atoms with E-state index in [0.29, 0.717) is 6.54 Å². The lowest BCUT2D eigenvalue weighted by Gasteiger charge is -2.49. The molecule has 0 aromatic heterocycles. The molecule has 4 nitrogen and oxygen atoms in total. The van der Waals surface area contributed by atoms with Crippen molar-refractivity contribution in [2.45, 2.75) is 37.6 Å². The van der Waals surface area contributed by atoms with Crippen LogP contribution in [0.4, 0.5) is 0 Å². The fraction of sp³-hybridized carbons (Fsp3) is 0.923. The van der Waals surface area contributed by atoms with Crippen molar-refractivity contribution >= 4 is 18.3 Å². The number of amides is 1. The minimum atomic E-state index is 0. The number of hydrogen-bond donors (Lipinski definition) is 1. The van der Waals surface area contributed by atoms with Gasteiger partial charge < -0.3 is 10.2 Å². The van der Waals surface area contributed by atoms with Crippen LogP contribution in [-0.2, 0) is 4.79 Å². The Bertz CT molecular complexity index is 269. The fourth-order valence-corrected chi connectivity index (χ4v) is 3.14. The highest BCUT2D eigenvalue weighted by molar-refractivity contribution is 5.85. The van der Waals surface area contributed by atoms with Crippen LogP contribution in [0.1, 0.15) is 32.1 Å². The summed E-state index contributed by atoms with van der Waals surface area (Å²) in [6, 6.07) is 0. The predicted octanol–water partition coefficient (Wildman–Crippen LogP) is 1.10. The van der Waals surface area contributed by atoms with Gasteiger partial charge in [0, 0.05) is 39.3 Å². The Morgan fingerprint density at radius 1 is 1.28 bits per heavy atom. The molecule has 1 saturated carbocycles. The van der Waals surface area contributed by atoms with E-state index in [2.05, 4.69) is 10.2 Å². The average Bonchev–Trinajstić information content (AvgIpc) is 2.33. The number of halogens is 1. The van der Waals surface area contributed by atoms with E-state index >= 15 is 0 Å². The maximum Gasteiger partial charge on any atom is 0.236 e. The molecule has 1 N–H and O–H groups in total. The van der Waals surface area contributed by atoms with Gasteiger partial charge >= 0.3 is 0 Å². The molecule has 0 atom stereocenters. The van der Waals surface area contributed by atoms with E-state index in [-0.39, 0.29) is 23.9 Å². The smallest absolute Gasteiger partial charge is 0.236 e. The molecule has 0 aromatic carbocycles. The fourth-order valence-electron chi connectivity index (χ4n) is 3.14. The molecule has 18 heavy (non-hydrogen) atoms. The molecule has 1 heterocycles. The zero-order valence-corrected chi connectivity index (χ0v) is 12.4.